The first-order chi connectivity index (χ1) is 8.83. The molecule has 0 aromatic heterocycles. The van der Waals surface area contributed by atoms with Gasteiger partial charge in [-0.2, -0.15) is 0 Å². The zero-order chi connectivity index (χ0) is 12.1. The van der Waals surface area contributed by atoms with Crippen molar-refractivity contribution in [2.75, 3.05) is 6.61 Å². The number of benzene rings is 1. The van der Waals surface area contributed by atoms with Gasteiger partial charge in [0, 0.05) is 5.56 Å². The molecule has 0 amide bonds. The van der Waals surface area contributed by atoms with Crippen molar-refractivity contribution < 1.29 is 24.1 Å². The standard InChI is InChI=1S/C13H14O5/c14-9-8-6-15-13(16-8)11-10(9)17-12(18-11)7-4-2-1-3-5-7/h1-5,8-14H,6H2/t8-,9+,10-,11+,12+,13+/m0/s1. The first-order valence-electron chi connectivity index (χ1n) is 6.14. The van der Waals surface area contributed by atoms with E-state index in [1.807, 2.05) is 30.3 Å². The molecule has 0 aliphatic carbocycles. The quantitative estimate of drug-likeness (QED) is 0.790. The average molecular weight is 250 g/mol. The molecule has 96 valence electrons. The highest BCUT2D eigenvalue weighted by atomic mass is 16.8. The van der Waals surface area contributed by atoms with E-state index < -0.39 is 18.7 Å². The highest BCUT2D eigenvalue weighted by Gasteiger charge is 2.56. The molecule has 2 bridgehead atoms. The van der Waals surface area contributed by atoms with Gasteiger partial charge in [-0.3, -0.25) is 0 Å². The molecule has 18 heavy (non-hydrogen) atoms. The van der Waals surface area contributed by atoms with Crippen LogP contribution in [-0.4, -0.2) is 42.4 Å². The van der Waals surface area contributed by atoms with Crippen LogP contribution in [0.1, 0.15) is 11.9 Å². The molecule has 1 N–H and O–H groups in total. The Hall–Kier alpha value is -0.980. The lowest BCUT2D eigenvalue weighted by Crippen LogP contribution is -2.52. The van der Waals surface area contributed by atoms with E-state index in [1.54, 1.807) is 0 Å². The molecule has 4 rings (SSSR count). The maximum atomic E-state index is 10.1. The number of aliphatic hydroxyl groups excluding tert-OH is 1. The summed E-state index contributed by atoms with van der Waals surface area (Å²) in [6.07, 6.45) is -2.60. The molecule has 5 heteroatoms. The van der Waals surface area contributed by atoms with Gasteiger partial charge in [-0.25, -0.2) is 0 Å². The zero-order valence-electron chi connectivity index (χ0n) is 9.64. The summed E-state index contributed by atoms with van der Waals surface area (Å²) in [6, 6.07) is 9.68. The monoisotopic (exact) mass is 250 g/mol. The minimum Gasteiger partial charge on any atom is -0.387 e. The lowest BCUT2D eigenvalue weighted by Gasteiger charge is -2.31. The van der Waals surface area contributed by atoms with Crippen LogP contribution < -0.4 is 0 Å². The molecule has 6 atom stereocenters. The molecule has 3 aliphatic rings. The van der Waals surface area contributed by atoms with E-state index in [4.69, 9.17) is 18.9 Å². The minimum atomic E-state index is -0.692. The van der Waals surface area contributed by atoms with Crippen molar-refractivity contribution in [3.63, 3.8) is 0 Å². The topological polar surface area (TPSA) is 57.2 Å². The number of fused-ring (bicyclic) bond motifs is 4. The third-order valence-corrected chi connectivity index (χ3v) is 3.68. The fraction of sp³-hybridized carbons (Fsp3) is 0.538. The van der Waals surface area contributed by atoms with E-state index >= 15 is 0 Å². The van der Waals surface area contributed by atoms with Gasteiger partial charge in [-0.05, 0) is 0 Å². The van der Waals surface area contributed by atoms with Gasteiger partial charge in [-0.15, -0.1) is 0 Å². The van der Waals surface area contributed by atoms with E-state index in [0.29, 0.717) is 6.61 Å². The molecule has 1 aromatic carbocycles. The van der Waals surface area contributed by atoms with Gasteiger partial charge >= 0.3 is 0 Å². The fourth-order valence-corrected chi connectivity index (χ4v) is 2.74. The van der Waals surface area contributed by atoms with Gasteiger partial charge in [0.2, 0.25) is 0 Å². The minimum absolute atomic E-state index is 0.297. The summed E-state index contributed by atoms with van der Waals surface area (Å²) in [5.74, 6) is 0. The number of hydrogen-bond acceptors (Lipinski definition) is 5. The molecule has 3 heterocycles. The van der Waals surface area contributed by atoms with Crippen molar-refractivity contribution in [1.82, 2.24) is 0 Å². The second-order valence-corrected chi connectivity index (χ2v) is 4.81. The lowest BCUT2D eigenvalue weighted by molar-refractivity contribution is -0.194. The SMILES string of the molecule is O[C@H]1[C@@H]2O[C@@H](c3ccccc3)O[C@H]2[C@@H]2OC[C@@H]1O2. The predicted molar refractivity (Wildman–Crippen MR) is 59.5 cm³/mol. The number of aliphatic hydroxyl groups is 1. The van der Waals surface area contributed by atoms with E-state index in [0.717, 1.165) is 5.56 Å². The molecular formula is C13H14O5. The van der Waals surface area contributed by atoms with Crippen LogP contribution in [0.5, 0.6) is 0 Å². The molecule has 0 saturated carbocycles. The highest BCUT2D eigenvalue weighted by Crippen LogP contribution is 2.41. The van der Waals surface area contributed by atoms with Gasteiger partial charge in [0.15, 0.2) is 12.6 Å². The van der Waals surface area contributed by atoms with Gasteiger partial charge in [0.1, 0.15) is 24.4 Å². The summed E-state index contributed by atoms with van der Waals surface area (Å²) >= 11 is 0. The van der Waals surface area contributed by atoms with Crippen molar-refractivity contribution in [1.29, 1.82) is 0 Å². The molecule has 3 fully saturated rings. The Morgan fingerprint density at radius 2 is 1.78 bits per heavy atom. The van der Waals surface area contributed by atoms with Crippen molar-refractivity contribution in [2.24, 2.45) is 0 Å². The second-order valence-electron chi connectivity index (χ2n) is 4.81. The Bertz CT molecular complexity index is 430. The first kappa shape index (κ1) is 10.9. The molecule has 5 nitrogen and oxygen atoms in total. The van der Waals surface area contributed by atoms with Crippen LogP contribution in [0.25, 0.3) is 0 Å². The predicted octanol–water partition coefficient (Wildman–Crippen LogP) is 0.585. The highest BCUT2D eigenvalue weighted by molar-refractivity contribution is 5.17. The normalized spacial score (nSPS) is 46.1. The summed E-state index contributed by atoms with van der Waals surface area (Å²) in [5, 5.41) is 10.1. The van der Waals surface area contributed by atoms with Crippen LogP contribution in [0.4, 0.5) is 0 Å². The summed E-state index contributed by atoms with van der Waals surface area (Å²) in [7, 11) is 0. The smallest absolute Gasteiger partial charge is 0.187 e. The second kappa shape index (κ2) is 4.01. The number of rotatable bonds is 1. The van der Waals surface area contributed by atoms with E-state index in [9.17, 15) is 5.11 Å². The average Bonchev–Trinajstić information content (AvgIpc) is 3.04. The molecule has 3 aliphatic heterocycles. The summed E-state index contributed by atoms with van der Waals surface area (Å²) in [6.45, 7) is 0.404. The van der Waals surface area contributed by atoms with Crippen LogP contribution in [0, 0.1) is 0 Å². The van der Waals surface area contributed by atoms with Crippen molar-refractivity contribution >= 4 is 0 Å². The maximum absolute atomic E-state index is 10.1. The molecule has 0 radical (unpaired) electrons. The van der Waals surface area contributed by atoms with Crippen molar-refractivity contribution in [3.8, 4) is 0 Å². The van der Waals surface area contributed by atoms with E-state index in [-0.39, 0.29) is 18.3 Å². The number of hydrogen-bond donors (Lipinski definition) is 1. The van der Waals surface area contributed by atoms with Crippen LogP contribution in [0.3, 0.4) is 0 Å². The third kappa shape index (κ3) is 1.52. The summed E-state index contributed by atoms with van der Waals surface area (Å²) in [5.41, 5.74) is 0.940. The molecule has 1 aromatic rings. The Kier molecular flexibility index (Phi) is 2.43. The molecule has 3 saturated heterocycles. The van der Waals surface area contributed by atoms with Gasteiger partial charge in [0.05, 0.1) is 6.61 Å². The molecule has 0 spiro atoms. The Morgan fingerprint density at radius 3 is 2.61 bits per heavy atom. The Balaban J connectivity index is 1.60. The van der Waals surface area contributed by atoms with Crippen LogP contribution in [0.2, 0.25) is 0 Å². The summed E-state index contributed by atoms with van der Waals surface area (Å²) < 4.78 is 22.6. The van der Waals surface area contributed by atoms with E-state index in [1.165, 1.54) is 0 Å². The Labute approximate surface area is 104 Å². The lowest BCUT2D eigenvalue weighted by atomic mass is 10.0. The third-order valence-electron chi connectivity index (χ3n) is 3.68. The van der Waals surface area contributed by atoms with Gasteiger partial charge < -0.3 is 24.1 Å². The Morgan fingerprint density at radius 1 is 1.00 bits per heavy atom. The van der Waals surface area contributed by atoms with Crippen LogP contribution in [-0.2, 0) is 18.9 Å². The van der Waals surface area contributed by atoms with Crippen molar-refractivity contribution in [3.05, 3.63) is 35.9 Å². The van der Waals surface area contributed by atoms with Crippen LogP contribution >= 0.6 is 0 Å². The molecule has 0 unspecified atom stereocenters. The largest absolute Gasteiger partial charge is 0.387 e. The first-order valence-corrected chi connectivity index (χ1v) is 6.14. The zero-order valence-corrected chi connectivity index (χ0v) is 9.64. The van der Waals surface area contributed by atoms with Crippen LogP contribution in [0.15, 0.2) is 30.3 Å². The van der Waals surface area contributed by atoms with E-state index in [2.05, 4.69) is 0 Å². The number of ether oxygens (including phenoxy) is 4. The van der Waals surface area contributed by atoms with Gasteiger partial charge in [0.25, 0.3) is 0 Å². The summed E-state index contributed by atoms with van der Waals surface area (Å²) in [4.78, 5) is 0. The fourth-order valence-electron chi connectivity index (χ4n) is 2.74. The van der Waals surface area contributed by atoms with Crippen molar-refractivity contribution in [2.45, 2.75) is 37.0 Å². The molecular weight excluding hydrogens is 236 g/mol. The van der Waals surface area contributed by atoms with Gasteiger partial charge in [-0.1, -0.05) is 30.3 Å². The maximum Gasteiger partial charge on any atom is 0.187 e.